The molecule has 0 aliphatic rings. The van der Waals surface area contributed by atoms with Crippen molar-refractivity contribution < 1.29 is 33.9 Å². The zero-order valence-electron chi connectivity index (χ0n) is 21.1. The molecule has 0 radical (unpaired) electrons. The molecule has 0 fully saturated rings. The zero-order chi connectivity index (χ0) is 25.5. The van der Waals surface area contributed by atoms with Gasteiger partial charge in [0.2, 0.25) is 5.75 Å². The average molecular weight is 483 g/mol. The van der Waals surface area contributed by atoms with Gasteiger partial charge < -0.3 is 33.9 Å². The normalized spacial score (nSPS) is 12.5. The van der Waals surface area contributed by atoms with E-state index in [9.17, 15) is 10.2 Å². The minimum Gasteiger partial charge on any atom is -0.504 e. The van der Waals surface area contributed by atoms with Gasteiger partial charge >= 0.3 is 0 Å². The second kappa shape index (κ2) is 11.6. The standard InChI is InChI=1S/C28H34O7/c1-7-22(19-9-10-21(29)24(14-19)31-3)35-23-11-8-18(13-25(23)32-4)12-17(2)20-15-26(33-5)28(30)27(16-20)34-6/h8-11,13-17,22,29-30H,7,12H2,1-6H3. The lowest BCUT2D eigenvalue weighted by Gasteiger charge is -2.21. The molecule has 0 saturated carbocycles. The fourth-order valence-electron chi connectivity index (χ4n) is 4.04. The maximum absolute atomic E-state index is 10.2. The summed E-state index contributed by atoms with van der Waals surface area (Å²) in [5, 5.41) is 20.1. The molecule has 0 bridgehead atoms. The number of hydrogen-bond acceptors (Lipinski definition) is 7. The predicted molar refractivity (Wildman–Crippen MR) is 135 cm³/mol. The molecule has 35 heavy (non-hydrogen) atoms. The molecule has 0 aliphatic heterocycles. The monoisotopic (exact) mass is 482 g/mol. The lowest BCUT2D eigenvalue weighted by molar-refractivity contribution is 0.192. The van der Waals surface area contributed by atoms with Crippen molar-refractivity contribution in [2.75, 3.05) is 28.4 Å². The van der Waals surface area contributed by atoms with E-state index >= 15 is 0 Å². The summed E-state index contributed by atoms with van der Waals surface area (Å²) in [5.41, 5.74) is 2.97. The Labute approximate surface area is 206 Å². The van der Waals surface area contributed by atoms with Crippen LogP contribution in [-0.2, 0) is 6.42 Å². The molecule has 0 aliphatic carbocycles. The molecular weight excluding hydrogens is 448 g/mol. The van der Waals surface area contributed by atoms with Gasteiger partial charge in [-0.25, -0.2) is 0 Å². The second-order valence-electron chi connectivity index (χ2n) is 8.31. The van der Waals surface area contributed by atoms with Crippen molar-refractivity contribution in [2.45, 2.75) is 38.7 Å². The number of phenolic OH excluding ortho intramolecular Hbond substituents is 2. The van der Waals surface area contributed by atoms with Gasteiger partial charge in [-0.15, -0.1) is 0 Å². The molecule has 0 spiro atoms. The van der Waals surface area contributed by atoms with E-state index in [2.05, 4.69) is 6.92 Å². The van der Waals surface area contributed by atoms with E-state index < -0.39 is 0 Å². The quantitative estimate of drug-likeness (QED) is 0.346. The third-order valence-electron chi connectivity index (χ3n) is 6.06. The molecule has 0 saturated heterocycles. The molecule has 7 nitrogen and oxygen atoms in total. The Morgan fingerprint density at radius 3 is 1.86 bits per heavy atom. The first-order chi connectivity index (χ1) is 16.8. The highest BCUT2D eigenvalue weighted by Gasteiger charge is 2.19. The highest BCUT2D eigenvalue weighted by molar-refractivity contribution is 5.54. The van der Waals surface area contributed by atoms with Gasteiger partial charge in [0.05, 0.1) is 28.4 Å². The Balaban J connectivity index is 1.81. The van der Waals surface area contributed by atoms with Crippen molar-refractivity contribution in [1.82, 2.24) is 0 Å². The number of rotatable bonds is 11. The number of ether oxygens (including phenoxy) is 5. The van der Waals surface area contributed by atoms with Gasteiger partial charge in [0.1, 0.15) is 6.10 Å². The Bertz CT molecular complexity index is 1120. The molecule has 2 unspecified atom stereocenters. The maximum atomic E-state index is 10.2. The van der Waals surface area contributed by atoms with Crippen molar-refractivity contribution in [3.05, 3.63) is 65.2 Å². The molecule has 2 atom stereocenters. The van der Waals surface area contributed by atoms with E-state index in [-0.39, 0.29) is 23.5 Å². The fourth-order valence-corrected chi connectivity index (χ4v) is 4.04. The summed E-state index contributed by atoms with van der Waals surface area (Å²) in [6, 6.07) is 14.8. The summed E-state index contributed by atoms with van der Waals surface area (Å²) in [6.07, 6.45) is 1.22. The van der Waals surface area contributed by atoms with Gasteiger partial charge in [-0.3, -0.25) is 0 Å². The van der Waals surface area contributed by atoms with Crippen molar-refractivity contribution in [3.63, 3.8) is 0 Å². The number of hydrogen-bond donors (Lipinski definition) is 2. The molecule has 188 valence electrons. The first-order valence-electron chi connectivity index (χ1n) is 11.5. The third kappa shape index (κ3) is 5.85. The first-order valence-corrected chi connectivity index (χ1v) is 11.5. The van der Waals surface area contributed by atoms with Crippen LogP contribution in [-0.4, -0.2) is 38.7 Å². The second-order valence-corrected chi connectivity index (χ2v) is 8.31. The van der Waals surface area contributed by atoms with Crippen LogP contribution >= 0.6 is 0 Å². The lowest BCUT2D eigenvalue weighted by atomic mass is 9.93. The molecule has 0 heterocycles. The van der Waals surface area contributed by atoms with E-state index in [4.69, 9.17) is 23.7 Å². The topological polar surface area (TPSA) is 86.6 Å². The Morgan fingerprint density at radius 2 is 1.29 bits per heavy atom. The zero-order valence-corrected chi connectivity index (χ0v) is 21.1. The first kappa shape index (κ1) is 25.9. The molecule has 3 aromatic carbocycles. The molecule has 3 rings (SSSR count). The van der Waals surface area contributed by atoms with Gasteiger partial charge in [0, 0.05) is 0 Å². The van der Waals surface area contributed by atoms with Crippen molar-refractivity contribution in [3.8, 4) is 40.2 Å². The van der Waals surface area contributed by atoms with Crippen molar-refractivity contribution >= 4 is 0 Å². The molecular formula is C28H34O7. The molecule has 3 aromatic rings. The van der Waals surface area contributed by atoms with Crippen LogP contribution in [0.4, 0.5) is 0 Å². The summed E-state index contributed by atoms with van der Waals surface area (Å²) < 4.78 is 27.8. The van der Waals surface area contributed by atoms with Crippen LogP contribution < -0.4 is 23.7 Å². The lowest BCUT2D eigenvalue weighted by Crippen LogP contribution is -2.08. The van der Waals surface area contributed by atoms with Gasteiger partial charge in [-0.1, -0.05) is 26.0 Å². The predicted octanol–water partition coefficient (Wildman–Crippen LogP) is 6.01. The largest absolute Gasteiger partial charge is 0.504 e. The van der Waals surface area contributed by atoms with Crippen LogP contribution in [0, 0.1) is 0 Å². The minimum absolute atomic E-state index is 0.00847. The van der Waals surface area contributed by atoms with Gasteiger partial charge in [0.25, 0.3) is 0 Å². The van der Waals surface area contributed by atoms with Gasteiger partial charge in [0.15, 0.2) is 34.5 Å². The van der Waals surface area contributed by atoms with Gasteiger partial charge in [-0.05, 0) is 71.8 Å². The molecule has 2 N–H and O–H groups in total. The van der Waals surface area contributed by atoms with E-state index in [0.717, 1.165) is 29.5 Å². The summed E-state index contributed by atoms with van der Waals surface area (Å²) in [7, 11) is 6.18. The highest BCUT2D eigenvalue weighted by atomic mass is 16.5. The number of methoxy groups -OCH3 is 4. The maximum Gasteiger partial charge on any atom is 0.200 e. The van der Waals surface area contributed by atoms with E-state index in [1.807, 2.05) is 43.3 Å². The summed E-state index contributed by atoms with van der Waals surface area (Å²) in [6.45, 7) is 4.14. The van der Waals surface area contributed by atoms with Crippen LogP contribution in [0.1, 0.15) is 49.0 Å². The Kier molecular flexibility index (Phi) is 8.58. The van der Waals surface area contributed by atoms with E-state index in [0.29, 0.717) is 28.7 Å². The average Bonchev–Trinajstić information content (AvgIpc) is 2.88. The van der Waals surface area contributed by atoms with Crippen molar-refractivity contribution in [2.24, 2.45) is 0 Å². The van der Waals surface area contributed by atoms with Crippen LogP contribution in [0.15, 0.2) is 48.5 Å². The minimum atomic E-state index is -0.236. The van der Waals surface area contributed by atoms with Crippen LogP contribution in [0.25, 0.3) is 0 Å². The number of benzene rings is 3. The number of aromatic hydroxyl groups is 2. The molecule has 7 heteroatoms. The number of phenols is 2. The Hall–Kier alpha value is -3.74. The summed E-state index contributed by atoms with van der Waals surface area (Å²) >= 11 is 0. The SMILES string of the molecule is CCC(Oc1ccc(CC(C)c2cc(OC)c(O)c(OC)c2)cc1OC)c1ccc(O)c(OC)c1. The summed E-state index contributed by atoms with van der Waals surface area (Å²) in [4.78, 5) is 0. The van der Waals surface area contributed by atoms with E-state index in [1.165, 1.54) is 21.3 Å². The van der Waals surface area contributed by atoms with Crippen molar-refractivity contribution in [1.29, 1.82) is 0 Å². The molecule has 0 aromatic heterocycles. The fraction of sp³-hybridized carbons (Fsp3) is 0.357. The van der Waals surface area contributed by atoms with Gasteiger partial charge in [-0.2, -0.15) is 0 Å². The Morgan fingerprint density at radius 1 is 0.686 bits per heavy atom. The van der Waals surface area contributed by atoms with Crippen LogP contribution in [0.5, 0.6) is 40.2 Å². The molecule has 0 amide bonds. The summed E-state index contributed by atoms with van der Waals surface area (Å²) in [5.74, 6) is 2.64. The van der Waals surface area contributed by atoms with Crippen LogP contribution in [0.3, 0.4) is 0 Å². The highest BCUT2D eigenvalue weighted by Crippen LogP contribution is 2.40. The van der Waals surface area contributed by atoms with E-state index in [1.54, 1.807) is 19.2 Å². The third-order valence-corrected chi connectivity index (χ3v) is 6.06. The smallest absolute Gasteiger partial charge is 0.200 e. The van der Waals surface area contributed by atoms with Crippen LogP contribution in [0.2, 0.25) is 0 Å².